The summed E-state index contributed by atoms with van der Waals surface area (Å²) in [7, 11) is 0. The van der Waals surface area contributed by atoms with Gasteiger partial charge in [-0.2, -0.15) is 0 Å². The van der Waals surface area contributed by atoms with Crippen molar-refractivity contribution in [2.45, 2.75) is 115 Å². The zero-order valence-corrected chi connectivity index (χ0v) is 37.4. The van der Waals surface area contributed by atoms with Crippen LogP contribution in [-0.4, -0.2) is 0 Å². The molecule has 0 aromatic heterocycles. The maximum absolute atomic E-state index is 2.63. The fourth-order valence-corrected chi connectivity index (χ4v) is 12.0. The molecule has 1 spiro atoms. The molecule has 7 aromatic rings. The lowest BCUT2D eigenvalue weighted by molar-refractivity contribution is 0.444. The van der Waals surface area contributed by atoms with E-state index in [4.69, 9.17) is 0 Å². The molecule has 0 atom stereocenters. The minimum atomic E-state index is -0.467. The predicted molar refractivity (Wildman–Crippen MR) is 258 cm³/mol. The van der Waals surface area contributed by atoms with Crippen LogP contribution in [-0.2, 0) is 21.7 Å². The molecule has 1 heteroatoms. The maximum Gasteiger partial charge on any atom is 0.0726 e. The van der Waals surface area contributed by atoms with Gasteiger partial charge in [0.05, 0.1) is 5.41 Å². The first-order valence-corrected chi connectivity index (χ1v) is 23.0. The van der Waals surface area contributed by atoms with Crippen LogP contribution in [0.15, 0.2) is 146 Å². The van der Waals surface area contributed by atoms with Gasteiger partial charge in [-0.3, -0.25) is 0 Å². The second-order valence-electron chi connectivity index (χ2n) is 21.2. The molecule has 304 valence electrons. The number of anilines is 3. The molecule has 1 fully saturated rings. The van der Waals surface area contributed by atoms with E-state index in [1.165, 1.54) is 133 Å². The van der Waals surface area contributed by atoms with Crippen molar-refractivity contribution in [3.05, 3.63) is 196 Å². The van der Waals surface area contributed by atoms with Gasteiger partial charge in [0.15, 0.2) is 0 Å². The molecule has 0 N–H and O–H groups in total. The van der Waals surface area contributed by atoms with Gasteiger partial charge in [0.2, 0.25) is 0 Å². The molecule has 0 bridgehead atoms. The quantitative estimate of drug-likeness (QED) is 0.172. The van der Waals surface area contributed by atoms with E-state index < -0.39 is 5.41 Å². The number of fused-ring (bicyclic) bond motifs is 13. The van der Waals surface area contributed by atoms with Crippen molar-refractivity contribution in [1.29, 1.82) is 0 Å². The van der Waals surface area contributed by atoms with Crippen LogP contribution < -0.4 is 4.90 Å². The molecule has 4 aliphatic carbocycles. The van der Waals surface area contributed by atoms with E-state index in [1.54, 1.807) is 0 Å². The summed E-state index contributed by atoms with van der Waals surface area (Å²) < 4.78 is 0. The van der Waals surface area contributed by atoms with Gasteiger partial charge in [-0.1, -0.05) is 190 Å². The number of nitrogens with zero attached hydrogens (tertiary/aromatic N) is 1. The van der Waals surface area contributed by atoms with Crippen LogP contribution >= 0.6 is 0 Å². The number of benzene rings is 7. The smallest absolute Gasteiger partial charge is 0.0726 e. The predicted octanol–water partition coefficient (Wildman–Crippen LogP) is 16.4. The molecular formula is C60H59N. The topological polar surface area (TPSA) is 3.24 Å². The Morgan fingerprint density at radius 1 is 0.426 bits per heavy atom. The Labute approximate surface area is 364 Å². The molecule has 0 aliphatic heterocycles. The first-order valence-electron chi connectivity index (χ1n) is 23.0. The van der Waals surface area contributed by atoms with Crippen LogP contribution in [0.2, 0.25) is 0 Å². The average Bonchev–Trinajstić information content (AvgIpc) is 3.81. The second-order valence-corrected chi connectivity index (χ2v) is 21.2. The van der Waals surface area contributed by atoms with Gasteiger partial charge in [0, 0.05) is 22.5 Å². The van der Waals surface area contributed by atoms with Crippen molar-refractivity contribution in [1.82, 2.24) is 0 Å². The van der Waals surface area contributed by atoms with Gasteiger partial charge in [-0.05, 0) is 143 Å². The average molecular weight is 794 g/mol. The Kier molecular flexibility index (Phi) is 8.42. The molecule has 1 saturated carbocycles. The number of hydrogen-bond acceptors (Lipinski definition) is 1. The number of rotatable bonds is 4. The van der Waals surface area contributed by atoms with Crippen LogP contribution in [0.25, 0.3) is 33.4 Å². The highest BCUT2D eigenvalue weighted by Crippen LogP contribution is 2.64. The highest BCUT2D eigenvalue weighted by Gasteiger charge is 2.52. The molecule has 61 heavy (non-hydrogen) atoms. The highest BCUT2D eigenvalue weighted by molar-refractivity contribution is 5.97. The Morgan fingerprint density at radius 3 is 1.46 bits per heavy atom. The van der Waals surface area contributed by atoms with Crippen molar-refractivity contribution in [2.24, 2.45) is 0 Å². The highest BCUT2D eigenvalue weighted by atomic mass is 15.1. The fourth-order valence-electron chi connectivity index (χ4n) is 12.0. The van der Waals surface area contributed by atoms with E-state index in [1.807, 2.05) is 0 Å². The largest absolute Gasteiger partial charge is 0.310 e. The lowest BCUT2D eigenvalue weighted by atomic mass is 9.68. The van der Waals surface area contributed by atoms with E-state index in [0.717, 1.165) is 0 Å². The van der Waals surface area contributed by atoms with E-state index in [2.05, 4.69) is 206 Å². The first-order chi connectivity index (χ1) is 29.3. The van der Waals surface area contributed by atoms with Gasteiger partial charge in [0.25, 0.3) is 0 Å². The van der Waals surface area contributed by atoms with E-state index in [0.29, 0.717) is 5.92 Å². The summed E-state index contributed by atoms with van der Waals surface area (Å²) >= 11 is 0. The van der Waals surface area contributed by atoms with E-state index in [9.17, 15) is 0 Å². The number of hydrogen-bond donors (Lipinski definition) is 0. The monoisotopic (exact) mass is 793 g/mol. The Bertz CT molecular complexity index is 2840. The third kappa shape index (κ3) is 5.58. The van der Waals surface area contributed by atoms with Crippen LogP contribution in [0.5, 0.6) is 0 Å². The summed E-state index contributed by atoms with van der Waals surface area (Å²) in [6, 6.07) is 57.3. The zero-order chi connectivity index (χ0) is 42.1. The summed E-state index contributed by atoms with van der Waals surface area (Å²) in [5, 5.41) is 0. The molecule has 0 amide bonds. The second kappa shape index (κ2) is 13.4. The summed E-state index contributed by atoms with van der Waals surface area (Å²) in [6.07, 6.45) is 6.44. The van der Waals surface area contributed by atoms with Gasteiger partial charge in [-0.15, -0.1) is 0 Å². The van der Waals surface area contributed by atoms with Crippen molar-refractivity contribution in [3.63, 3.8) is 0 Å². The molecule has 4 aliphatic rings. The van der Waals surface area contributed by atoms with Gasteiger partial charge < -0.3 is 4.90 Å². The SMILES string of the molecule is CC(C)(C)c1ccc2c(c1)C1(c3ccccc3-c3ccc(N(c4ccc5c(c4)C(C)(C)c4ccccc4-5)c4ccccc4C4CCCCC4)cc31)c1cc(C(C)(C)C)ccc1-2. The summed E-state index contributed by atoms with van der Waals surface area (Å²) in [5.74, 6) is 0.549. The minimum Gasteiger partial charge on any atom is -0.310 e. The van der Waals surface area contributed by atoms with E-state index in [-0.39, 0.29) is 16.2 Å². The van der Waals surface area contributed by atoms with Gasteiger partial charge in [-0.25, -0.2) is 0 Å². The Hall–Kier alpha value is -5.66. The molecule has 0 heterocycles. The van der Waals surface area contributed by atoms with Crippen LogP contribution in [0, 0.1) is 0 Å². The van der Waals surface area contributed by atoms with Crippen molar-refractivity contribution < 1.29 is 0 Å². The molecule has 0 saturated heterocycles. The fraction of sp³-hybridized carbons (Fsp3) is 0.300. The standard InChI is InChI=1S/C60H59N/c1-57(2,3)39-26-30-47-48-31-27-40(58(4,5)6)35-54(48)60(53(47)34-39)51-24-16-13-22-45(51)49-33-29-42(37-55(49)60)61(56-25-17-14-20-43(56)38-18-10-9-11-19-38)41-28-32-46-44-21-12-15-23-50(44)59(7,8)52(46)36-41/h12-17,20-38H,9-11,18-19H2,1-8H3. The molecule has 0 unspecified atom stereocenters. The zero-order valence-electron chi connectivity index (χ0n) is 37.4. The normalized spacial score (nSPS) is 16.7. The third-order valence-corrected chi connectivity index (χ3v) is 15.2. The van der Waals surface area contributed by atoms with Crippen LogP contribution in [0.4, 0.5) is 17.1 Å². The Morgan fingerprint density at radius 2 is 0.869 bits per heavy atom. The number of para-hydroxylation sites is 1. The molecular weight excluding hydrogens is 735 g/mol. The van der Waals surface area contributed by atoms with Crippen molar-refractivity contribution in [2.75, 3.05) is 4.90 Å². The maximum atomic E-state index is 2.63. The minimum absolute atomic E-state index is 0.00496. The lowest BCUT2D eigenvalue weighted by Gasteiger charge is -2.35. The van der Waals surface area contributed by atoms with Gasteiger partial charge in [0.1, 0.15) is 0 Å². The molecule has 7 aromatic carbocycles. The summed E-state index contributed by atoms with van der Waals surface area (Å²) in [4.78, 5) is 2.63. The van der Waals surface area contributed by atoms with Crippen LogP contribution in [0.3, 0.4) is 0 Å². The molecule has 11 rings (SSSR count). The van der Waals surface area contributed by atoms with E-state index >= 15 is 0 Å². The summed E-state index contributed by atoms with van der Waals surface area (Å²) in [5.41, 5.74) is 24.0. The summed E-state index contributed by atoms with van der Waals surface area (Å²) in [6.45, 7) is 18.9. The van der Waals surface area contributed by atoms with Crippen LogP contribution in [0.1, 0.15) is 143 Å². The third-order valence-electron chi connectivity index (χ3n) is 15.2. The first kappa shape index (κ1) is 38.3. The molecule has 1 nitrogen and oxygen atoms in total. The Balaban J connectivity index is 1.20. The van der Waals surface area contributed by atoms with Crippen molar-refractivity contribution in [3.8, 4) is 33.4 Å². The van der Waals surface area contributed by atoms with Crippen molar-refractivity contribution >= 4 is 17.1 Å². The van der Waals surface area contributed by atoms with Gasteiger partial charge >= 0.3 is 0 Å². The molecule has 0 radical (unpaired) electrons. The lowest BCUT2D eigenvalue weighted by Crippen LogP contribution is -2.27.